The van der Waals surface area contributed by atoms with Crippen molar-refractivity contribution in [3.05, 3.63) is 114 Å². The average Bonchev–Trinajstić information content (AvgIpc) is 2.99. The predicted octanol–water partition coefficient (Wildman–Crippen LogP) is 10.2. The lowest BCUT2D eigenvalue weighted by molar-refractivity contribution is -0.137. The average molecular weight is 554 g/mol. The highest BCUT2D eigenvalue weighted by atomic mass is 19.4. The summed E-state index contributed by atoms with van der Waals surface area (Å²) < 4.78 is 43.3. The Morgan fingerprint density at radius 3 is 1.76 bits per heavy atom. The van der Waals surface area contributed by atoms with Gasteiger partial charge in [0.2, 0.25) is 0 Å². The maximum atomic E-state index is 12.7. The number of alkyl halides is 3. The number of aliphatic imine (C=N–C) groups is 1. The fourth-order valence-corrected chi connectivity index (χ4v) is 3.94. The molecule has 41 heavy (non-hydrogen) atoms. The molecule has 0 saturated carbocycles. The van der Waals surface area contributed by atoms with E-state index in [1.54, 1.807) is 48.7 Å². The highest BCUT2D eigenvalue weighted by Gasteiger charge is 2.29. The zero-order valence-corrected chi connectivity index (χ0v) is 21.6. The molecule has 0 bridgehead atoms. The molecule has 0 aliphatic heterocycles. The monoisotopic (exact) mass is 553 g/mol. The van der Waals surface area contributed by atoms with Crippen LogP contribution in [0.25, 0.3) is 10.8 Å². The van der Waals surface area contributed by atoms with E-state index in [0.717, 1.165) is 22.9 Å². The summed E-state index contributed by atoms with van der Waals surface area (Å²) in [4.78, 5) is 4.58. The van der Waals surface area contributed by atoms with Crippen molar-refractivity contribution in [2.45, 2.75) is 6.18 Å². The van der Waals surface area contributed by atoms with Gasteiger partial charge >= 0.3 is 6.18 Å². The number of fused-ring (bicyclic) bond motifs is 1. The van der Waals surface area contributed by atoms with E-state index in [1.807, 2.05) is 36.4 Å². The van der Waals surface area contributed by atoms with Crippen LogP contribution in [0, 0.1) is 0 Å². The molecular formula is C31H22F3N5O2. The van der Waals surface area contributed by atoms with Crippen molar-refractivity contribution in [1.82, 2.24) is 0 Å². The van der Waals surface area contributed by atoms with E-state index in [4.69, 9.17) is 4.74 Å². The molecule has 0 saturated heterocycles. The molecule has 0 heterocycles. The summed E-state index contributed by atoms with van der Waals surface area (Å²) >= 11 is 0. The zero-order valence-electron chi connectivity index (χ0n) is 21.6. The Kier molecular flexibility index (Phi) is 7.82. The van der Waals surface area contributed by atoms with E-state index in [1.165, 1.54) is 19.2 Å². The predicted molar refractivity (Wildman–Crippen MR) is 152 cm³/mol. The van der Waals surface area contributed by atoms with Crippen molar-refractivity contribution >= 4 is 45.4 Å². The number of hydrogen-bond donors (Lipinski definition) is 1. The minimum Gasteiger partial charge on any atom is -0.504 e. The molecule has 0 aliphatic rings. The molecule has 1 N–H and O–H groups in total. The first-order valence-corrected chi connectivity index (χ1v) is 12.3. The molecule has 0 unspecified atom stereocenters. The number of rotatable bonds is 7. The minimum absolute atomic E-state index is 0.0144. The number of halogens is 3. The first-order chi connectivity index (χ1) is 19.8. The molecular weight excluding hydrogens is 531 g/mol. The van der Waals surface area contributed by atoms with Crippen LogP contribution in [0.4, 0.5) is 41.6 Å². The van der Waals surface area contributed by atoms with Gasteiger partial charge in [-0.2, -0.15) is 28.5 Å². The molecule has 5 rings (SSSR count). The molecule has 0 radical (unpaired) electrons. The lowest BCUT2D eigenvalue weighted by Crippen LogP contribution is -2.03. The summed E-state index contributed by atoms with van der Waals surface area (Å²) in [6, 6.07) is 27.8. The number of aromatic hydroxyl groups is 1. The van der Waals surface area contributed by atoms with E-state index in [2.05, 4.69) is 25.4 Å². The maximum absolute atomic E-state index is 12.7. The molecule has 0 fully saturated rings. The number of para-hydroxylation sites is 1. The molecule has 0 aromatic heterocycles. The summed E-state index contributed by atoms with van der Waals surface area (Å²) in [5.74, 6) is 0.380. The van der Waals surface area contributed by atoms with Gasteiger partial charge in [0.25, 0.3) is 0 Å². The van der Waals surface area contributed by atoms with Gasteiger partial charge in [0.15, 0.2) is 11.5 Å². The number of nitrogens with zero attached hydrogens (tertiary/aromatic N) is 5. The minimum atomic E-state index is -4.40. The SMILES string of the molecule is COc1cccc(C=Nc2ccc(N=Nc3ccc(N=Nc4ccc(C(F)(F)F)cc4)cc3)c3ccccc23)c1O. The van der Waals surface area contributed by atoms with Gasteiger partial charge in [0.05, 0.1) is 41.1 Å². The van der Waals surface area contributed by atoms with Crippen molar-refractivity contribution < 1.29 is 23.0 Å². The van der Waals surface area contributed by atoms with Crippen LogP contribution in [0.2, 0.25) is 0 Å². The van der Waals surface area contributed by atoms with Gasteiger partial charge in [0, 0.05) is 22.6 Å². The van der Waals surface area contributed by atoms with Gasteiger partial charge in [-0.15, -0.1) is 5.11 Å². The highest BCUT2D eigenvalue weighted by molar-refractivity contribution is 6.01. The molecule has 5 aromatic rings. The first kappa shape index (κ1) is 27.2. The quantitative estimate of drug-likeness (QED) is 0.160. The lowest BCUT2D eigenvalue weighted by Gasteiger charge is -2.06. The normalized spacial score (nSPS) is 12.2. The second-order valence-corrected chi connectivity index (χ2v) is 8.77. The fourth-order valence-electron chi connectivity index (χ4n) is 3.94. The van der Waals surface area contributed by atoms with Crippen molar-refractivity contribution in [2.75, 3.05) is 7.11 Å². The van der Waals surface area contributed by atoms with E-state index in [0.29, 0.717) is 39.7 Å². The molecule has 0 amide bonds. The number of hydrogen-bond acceptors (Lipinski definition) is 7. The summed E-state index contributed by atoms with van der Waals surface area (Å²) in [5.41, 5.74) is 2.53. The topological polar surface area (TPSA) is 91.3 Å². The van der Waals surface area contributed by atoms with E-state index >= 15 is 0 Å². The third-order valence-corrected chi connectivity index (χ3v) is 6.07. The second-order valence-electron chi connectivity index (χ2n) is 8.77. The lowest BCUT2D eigenvalue weighted by atomic mass is 10.1. The van der Waals surface area contributed by atoms with E-state index in [-0.39, 0.29) is 5.75 Å². The largest absolute Gasteiger partial charge is 0.504 e. The van der Waals surface area contributed by atoms with Crippen molar-refractivity contribution in [1.29, 1.82) is 0 Å². The van der Waals surface area contributed by atoms with Crippen LogP contribution in [0.15, 0.2) is 129 Å². The van der Waals surface area contributed by atoms with Gasteiger partial charge < -0.3 is 9.84 Å². The van der Waals surface area contributed by atoms with Crippen LogP contribution >= 0.6 is 0 Å². The second kappa shape index (κ2) is 11.8. The highest BCUT2D eigenvalue weighted by Crippen LogP contribution is 2.36. The van der Waals surface area contributed by atoms with Crippen LogP contribution < -0.4 is 4.74 Å². The first-order valence-electron chi connectivity index (χ1n) is 12.3. The maximum Gasteiger partial charge on any atom is 0.416 e. The molecule has 204 valence electrons. The summed E-state index contributed by atoms with van der Waals surface area (Å²) in [6.07, 6.45) is -2.82. The van der Waals surface area contributed by atoms with E-state index < -0.39 is 11.7 Å². The summed E-state index contributed by atoms with van der Waals surface area (Å²) in [7, 11) is 1.49. The Morgan fingerprint density at radius 1 is 0.634 bits per heavy atom. The fraction of sp³-hybridized carbons (Fsp3) is 0.0645. The number of phenolic OH excluding ortho intramolecular Hbond substituents is 1. The van der Waals surface area contributed by atoms with Gasteiger partial charge in [-0.05, 0) is 72.8 Å². The Hall–Kier alpha value is -5.38. The third kappa shape index (κ3) is 6.44. The van der Waals surface area contributed by atoms with Gasteiger partial charge in [-0.3, -0.25) is 4.99 Å². The summed E-state index contributed by atoms with van der Waals surface area (Å²) in [5, 5.41) is 28.9. The van der Waals surface area contributed by atoms with Gasteiger partial charge in [-0.25, -0.2) is 0 Å². The molecule has 7 nitrogen and oxygen atoms in total. The van der Waals surface area contributed by atoms with Crippen molar-refractivity contribution in [2.24, 2.45) is 25.4 Å². The molecule has 10 heteroatoms. The van der Waals surface area contributed by atoms with Crippen molar-refractivity contribution in [3.8, 4) is 11.5 Å². The Bertz CT molecular complexity index is 1760. The smallest absolute Gasteiger partial charge is 0.416 e. The van der Waals surface area contributed by atoms with Gasteiger partial charge in [-0.1, -0.05) is 30.3 Å². The number of benzene rings is 5. The number of azo groups is 2. The molecule has 0 atom stereocenters. The van der Waals surface area contributed by atoms with Crippen molar-refractivity contribution in [3.63, 3.8) is 0 Å². The Balaban J connectivity index is 1.32. The van der Waals surface area contributed by atoms with Gasteiger partial charge in [0.1, 0.15) is 0 Å². The van der Waals surface area contributed by atoms with Crippen LogP contribution in [0.1, 0.15) is 11.1 Å². The van der Waals surface area contributed by atoms with E-state index in [9.17, 15) is 18.3 Å². The number of methoxy groups -OCH3 is 1. The number of phenols is 1. The standard InChI is InChI=1S/C31H22F3N5O2/c1-41-29-8-4-5-20(30(29)40)19-35-27-17-18-28(26-7-3-2-6-25(26)27)39-38-24-15-13-23(14-16-24)37-36-22-11-9-21(10-12-22)31(32,33)34/h2-19,40H,1H3. The Morgan fingerprint density at radius 2 is 1.17 bits per heavy atom. The number of ether oxygens (including phenoxy) is 1. The summed E-state index contributed by atoms with van der Waals surface area (Å²) in [6.45, 7) is 0. The molecule has 0 spiro atoms. The zero-order chi connectivity index (χ0) is 28.8. The molecule has 0 aliphatic carbocycles. The van der Waals surface area contributed by atoms with Crippen LogP contribution in [0.3, 0.4) is 0 Å². The van der Waals surface area contributed by atoms with Crippen LogP contribution in [-0.4, -0.2) is 18.4 Å². The van der Waals surface area contributed by atoms with Crippen LogP contribution in [0.5, 0.6) is 11.5 Å². The molecule has 5 aromatic carbocycles. The Labute approximate surface area is 233 Å². The van der Waals surface area contributed by atoms with Crippen LogP contribution in [-0.2, 0) is 6.18 Å². The third-order valence-electron chi connectivity index (χ3n) is 6.07.